The molecule has 138 valence electrons. The number of rotatable bonds is 5. The summed E-state index contributed by atoms with van der Waals surface area (Å²) in [4.78, 5) is 20.4. The number of nitrogens with two attached hydrogens (primary N) is 1. The van der Waals surface area contributed by atoms with E-state index >= 15 is 0 Å². The molecule has 6 nitrogen and oxygen atoms in total. The van der Waals surface area contributed by atoms with E-state index in [9.17, 15) is 4.79 Å². The van der Waals surface area contributed by atoms with Crippen molar-refractivity contribution >= 4 is 40.5 Å². The van der Waals surface area contributed by atoms with Crippen molar-refractivity contribution in [2.45, 2.75) is 6.54 Å². The molecule has 1 fully saturated rings. The highest BCUT2D eigenvalue weighted by atomic mass is 35.5. The first-order chi connectivity index (χ1) is 12.4. The van der Waals surface area contributed by atoms with Crippen LogP contribution in [0.4, 0.5) is 11.4 Å². The number of halogens is 2. The zero-order valence-electron chi connectivity index (χ0n) is 14.5. The molecule has 2 aromatic rings. The summed E-state index contributed by atoms with van der Waals surface area (Å²) in [6, 6.07) is 7.46. The number of hydrogen-bond acceptors (Lipinski definition) is 5. The number of pyridine rings is 1. The van der Waals surface area contributed by atoms with Gasteiger partial charge in [0.1, 0.15) is 5.15 Å². The third-order valence-electron chi connectivity index (χ3n) is 4.52. The number of nitrogens with zero attached hydrogens (tertiary/aromatic N) is 3. The molecular weight excluding hydrogens is 373 g/mol. The third-order valence-corrected chi connectivity index (χ3v) is 5.03. The molecular formula is C18H21Cl2N5O. The van der Waals surface area contributed by atoms with Crippen LogP contribution in [0.15, 0.2) is 30.5 Å². The van der Waals surface area contributed by atoms with Crippen LogP contribution in [0.5, 0.6) is 0 Å². The lowest BCUT2D eigenvalue weighted by Crippen LogP contribution is -2.44. The maximum atomic E-state index is 12.0. The quantitative estimate of drug-likeness (QED) is 0.763. The number of nitrogens with one attached hydrogen (secondary N) is 1. The molecule has 0 spiro atoms. The van der Waals surface area contributed by atoms with E-state index in [0.717, 1.165) is 37.4 Å². The number of primary amides is 1. The SMILES string of the molecule is CN1CCN(c2ccc(CNc3cc(Cl)ncc3Cl)c(C(N)=O)c2)CC1. The van der Waals surface area contributed by atoms with Gasteiger partial charge in [-0.15, -0.1) is 0 Å². The highest BCUT2D eigenvalue weighted by molar-refractivity contribution is 6.34. The second-order valence-electron chi connectivity index (χ2n) is 6.34. The Morgan fingerprint density at radius 2 is 1.96 bits per heavy atom. The zero-order chi connectivity index (χ0) is 18.7. The molecule has 0 atom stereocenters. The van der Waals surface area contributed by atoms with Gasteiger partial charge in [0.05, 0.1) is 10.7 Å². The first kappa shape index (κ1) is 18.8. The molecule has 1 aromatic heterocycles. The number of piperazine rings is 1. The lowest BCUT2D eigenvalue weighted by molar-refractivity contribution is 0.0999. The molecule has 26 heavy (non-hydrogen) atoms. The van der Waals surface area contributed by atoms with E-state index < -0.39 is 5.91 Å². The van der Waals surface area contributed by atoms with Crippen LogP contribution in [0.25, 0.3) is 0 Å². The first-order valence-corrected chi connectivity index (χ1v) is 9.11. The number of amides is 1. The highest BCUT2D eigenvalue weighted by Crippen LogP contribution is 2.26. The summed E-state index contributed by atoms with van der Waals surface area (Å²) in [5.41, 5.74) is 8.59. The number of likely N-dealkylation sites (N-methyl/N-ethyl adjacent to an activating group) is 1. The summed E-state index contributed by atoms with van der Waals surface area (Å²) in [6.45, 7) is 4.25. The van der Waals surface area contributed by atoms with E-state index in [0.29, 0.717) is 28.0 Å². The molecule has 8 heteroatoms. The van der Waals surface area contributed by atoms with Crippen molar-refractivity contribution in [2.75, 3.05) is 43.4 Å². The van der Waals surface area contributed by atoms with Crippen LogP contribution in [-0.2, 0) is 6.54 Å². The maximum Gasteiger partial charge on any atom is 0.249 e. The molecule has 1 aromatic carbocycles. The maximum absolute atomic E-state index is 12.0. The van der Waals surface area contributed by atoms with E-state index in [1.165, 1.54) is 6.20 Å². The van der Waals surface area contributed by atoms with Crippen LogP contribution in [0.3, 0.4) is 0 Å². The fourth-order valence-corrected chi connectivity index (χ4v) is 3.28. The fraction of sp³-hybridized carbons (Fsp3) is 0.333. The molecule has 0 aliphatic carbocycles. The number of carbonyl (C=O) groups excluding carboxylic acids is 1. The van der Waals surface area contributed by atoms with Gasteiger partial charge in [-0.2, -0.15) is 0 Å². The Bertz CT molecular complexity index is 806. The molecule has 1 saturated heterocycles. The molecule has 1 amide bonds. The Labute approximate surface area is 162 Å². The molecule has 1 aliphatic rings. The number of anilines is 2. The zero-order valence-corrected chi connectivity index (χ0v) is 16.0. The van der Waals surface area contributed by atoms with Gasteiger partial charge >= 0.3 is 0 Å². The molecule has 0 saturated carbocycles. The van der Waals surface area contributed by atoms with Crippen LogP contribution in [0.1, 0.15) is 15.9 Å². The summed E-state index contributed by atoms with van der Waals surface area (Å²) >= 11 is 12.0. The molecule has 3 rings (SSSR count). The van der Waals surface area contributed by atoms with Crippen LogP contribution >= 0.6 is 23.2 Å². The van der Waals surface area contributed by atoms with E-state index in [1.807, 2.05) is 18.2 Å². The monoisotopic (exact) mass is 393 g/mol. The van der Waals surface area contributed by atoms with Crippen LogP contribution < -0.4 is 16.0 Å². The molecule has 2 heterocycles. The van der Waals surface area contributed by atoms with Gasteiger partial charge in [-0.1, -0.05) is 29.3 Å². The Hall–Kier alpha value is -2.02. The highest BCUT2D eigenvalue weighted by Gasteiger charge is 2.17. The topological polar surface area (TPSA) is 74.5 Å². The summed E-state index contributed by atoms with van der Waals surface area (Å²) in [7, 11) is 2.11. The van der Waals surface area contributed by atoms with Crippen molar-refractivity contribution in [1.29, 1.82) is 0 Å². The van der Waals surface area contributed by atoms with Gasteiger partial charge < -0.3 is 20.9 Å². The molecule has 0 bridgehead atoms. The number of carbonyl (C=O) groups is 1. The number of benzene rings is 1. The van der Waals surface area contributed by atoms with Crippen molar-refractivity contribution in [3.05, 3.63) is 51.8 Å². The summed E-state index contributed by atoms with van der Waals surface area (Å²) in [6.07, 6.45) is 1.48. The lowest BCUT2D eigenvalue weighted by atomic mass is 10.0. The summed E-state index contributed by atoms with van der Waals surface area (Å²) in [5, 5.41) is 3.99. The van der Waals surface area contributed by atoms with E-state index in [4.69, 9.17) is 28.9 Å². The number of aromatic nitrogens is 1. The van der Waals surface area contributed by atoms with E-state index in [-0.39, 0.29) is 0 Å². The molecule has 3 N–H and O–H groups in total. The van der Waals surface area contributed by atoms with Gasteiger partial charge in [0.25, 0.3) is 0 Å². The Morgan fingerprint density at radius 1 is 1.23 bits per heavy atom. The Balaban J connectivity index is 1.78. The van der Waals surface area contributed by atoms with Crippen molar-refractivity contribution in [2.24, 2.45) is 5.73 Å². The second-order valence-corrected chi connectivity index (χ2v) is 7.13. The Morgan fingerprint density at radius 3 is 2.65 bits per heavy atom. The minimum Gasteiger partial charge on any atom is -0.380 e. The van der Waals surface area contributed by atoms with Crippen molar-refractivity contribution in [1.82, 2.24) is 9.88 Å². The van der Waals surface area contributed by atoms with Gasteiger partial charge in [-0.05, 0) is 24.7 Å². The van der Waals surface area contributed by atoms with Crippen LogP contribution in [-0.4, -0.2) is 49.0 Å². The van der Waals surface area contributed by atoms with Gasteiger partial charge in [0.2, 0.25) is 5.91 Å². The number of hydrogen-bond donors (Lipinski definition) is 2. The predicted molar refractivity (Wildman–Crippen MR) is 106 cm³/mol. The van der Waals surface area contributed by atoms with Gasteiger partial charge in [0, 0.05) is 56.2 Å². The normalized spacial score (nSPS) is 15.1. The molecule has 1 aliphatic heterocycles. The minimum atomic E-state index is -0.448. The average molecular weight is 394 g/mol. The Kier molecular flexibility index (Phi) is 5.86. The van der Waals surface area contributed by atoms with E-state index in [2.05, 4.69) is 27.1 Å². The smallest absolute Gasteiger partial charge is 0.249 e. The lowest BCUT2D eigenvalue weighted by Gasteiger charge is -2.34. The summed E-state index contributed by atoms with van der Waals surface area (Å²) in [5.74, 6) is -0.448. The first-order valence-electron chi connectivity index (χ1n) is 8.35. The fourth-order valence-electron chi connectivity index (χ4n) is 2.95. The van der Waals surface area contributed by atoms with E-state index in [1.54, 1.807) is 6.07 Å². The standard InChI is InChI=1S/C18H21Cl2N5O/c1-24-4-6-25(7-5-24)13-3-2-12(14(8-13)18(21)26)10-22-16-9-17(20)23-11-15(16)19/h2-3,8-9,11H,4-7,10H2,1H3,(H2,21,26)(H,22,23). The summed E-state index contributed by atoms with van der Waals surface area (Å²) < 4.78 is 0. The predicted octanol–water partition coefficient (Wildman–Crippen LogP) is 2.85. The van der Waals surface area contributed by atoms with Crippen molar-refractivity contribution in [3.8, 4) is 0 Å². The van der Waals surface area contributed by atoms with Crippen LogP contribution in [0.2, 0.25) is 10.2 Å². The van der Waals surface area contributed by atoms with Gasteiger partial charge in [0.15, 0.2) is 0 Å². The van der Waals surface area contributed by atoms with Gasteiger partial charge in [-0.25, -0.2) is 4.98 Å². The largest absolute Gasteiger partial charge is 0.380 e. The second kappa shape index (κ2) is 8.12. The molecule has 0 unspecified atom stereocenters. The van der Waals surface area contributed by atoms with Gasteiger partial charge in [-0.3, -0.25) is 4.79 Å². The third kappa shape index (κ3) is 4.38. The van der Waals surface area contributed by atoms with Crippen LogP contribution in [0, 0.1) is 0 Å². The molecule has 0 radical (unpaired) electrons. The minimum absolute atomic E-state index is 0.345. The average Bonchev–Trinajstić information content (AvgIpc) is 2.63. The van der Waals surface area contributed by atoms with Crippen molar-refractivity contribution in [3.63, 3.8) is 0 Å². The van der Waals surface area contributed by atoms with Crippen molar-refractivity contribution < 1.29 is 4.79 Å².